The standard InChI is InChI=1S/C29H37N3O5/c33-24-19-12-18-13-20(24)16-28(14-18,15-19)26(35)30-21-4-3-9-32(17-21)27(36)31-10-7-29(8-11-31)23-6-2-1-5-22(23)25(34)37-29/h1-2,5-6,18-21,24,33H,3-4,7-17H2,(H,30,35)/t18?,19-,20?,21+,24?,28?/m1/s1. The summed E-state index contributed by atoms with van der Waals surface area (Å²) in [7, 11) is 0. The molecule has 8 heteroatoms. The lowest BCUT2D eigenvalue weighted by Crippen LogP contribution is -2.61. The topological polar surface area (TPSA) is 99.2 Å². The Kier molecular flexibility index (Phi) is 5.37. The smallest absolute Gasteiger partial charge is 0.339 e. The number of rotatable bonds is 2. The first-order chi connectivity index (χ1) is 17.9. The molecule has 4 unspecified atom stereocenters. The molecule has 3 heterocycles. The summed E-state index contributed by atoms with van der Waals surface area (Å²) >= 11 is 0. The first-order valence-electron chi connectivity index (χ1n) is 14.2. The number of ether oxygens (including phenoxy) is 1. The number of piperidine rings is 2. The molecule has 3 amide bonds. The second-order valence-electron chi connectivity index (χ2n) is 12.7. The van der Waals surface area contributed by atoms with Gasteiger partial charge in [-0.15, -0.1) is 0 Å². The SMILES string of the molecule is O=C1OC2(CCN(C(=O)N3CCC[C@H](NC(=O)C45CC6CC(C4)C(O)[C@H](C6)C5)C3)CC2)c2ccccc21. The van der Waals surface area contributed by atoms with Crippen LogP contribution in [0.5, 0.6) is 0 Å². The van der Waals surface area contributed by atoms with Crippen molar-refractivity contribution in [2.24, 2.45) is 23.2 Å². The molecular weight excluding hydrogens is 470 g/mol. The highest BCUT2D eigenvalue weighted by Gasteiger charge is 2.58. The van der Waals surface area contributed by atoms with E-state index in [-0.39, 0.29) is 47.3 Å². The zero-order chi connectivity index (χ0) is 25.4. The Morgan fingerprint density at radius 3 is 2.49 bits per heavy atom. The van der Waals surface area contributed by atoms with E-state index in [9.17, 15) is 19.5 Å². The largest absolute Gasteiger partial charge is 0.450 e. The third kappa shape index (κ3) is 3.69. The van der Waals surface area contributed by atoms with E-state index in [1.807, 2.05) is 34.1 Å². The van der Waals surface area contributed by atoms with Gasteiger partial charge in [0.1, 0.15) is 5.60 Å². The second-order valence-corrected chi connectivity index (χ2v) is 12.7. The van der Waals surface area contributed by atoms with Gasteiger partial charge in [0.05, 0.1) is 17.1 Å². The minimum absolute atomic E-state index is 0.0179. The predicted octanol–water partition coefficient (Wildman–Crippen LogP) is 3.04. The normalized spacial score (nSPS) is 37.4. The number of nitrogens with zero attached hydrogens (tertiary/aromatic N) is 2. The van der Waals surface area contributed by atoms with Crippen LogP contribution in [0.25, 0.3) is 0 Å². The summed E-state index contributed by atoms with van der Waals surface area (Å²) in [6.07, 6.45) is 7.46. The Bertz CT molecular complexity index is 1110. The van der Waals surface area contributed by atoms with E-state index in [2.05, 4.69) is 5.32 Å². The fourth-order valence-corrected chi connectivity index (χ4v) is 8.86. The number of likely N-dealkylation sites (tertiary alicyclic amines) is 2. The first kappa shape index (κ1) is 23.5. The molecule has 3 aliphatic heterocycles. The van der Waals surface area contributed by atoms with Gasteiger partial charge in [-0.3, -0.25) is 4.79 Å². The molecule has 198 valence electrons. The molecule has 6 atom stereocenters. The quantitative estimate of drug-likeness (QED) is 0.600. The van der Waals surface area contributed by atoms with Crippen molar-refractivity contribution in [3.8, 4) is 0 Å². The van der Waals surface area contributed by atoms with E-state index in [1.165, 1.54) is 0 Å². The lowest BCUT2D eigenvalue weighted by Gasteiger charge is -2.58. The number of fused-ring (bicyclic) bond motifs is 2. The van der Waals surface area contributed by atoms with E-state index >= 15 is 0 Å². The van der Waals surface area contributed by atoms with Crippen LogP contribution in [0, 0.1) is 23.2 Å². The third-order valence-corrected chi connectivity index (χ3v) is 10.5. The molecule has 37 heavy (non-hydrogen) atoms. The van der Waals surface area contributed by atoms with Crippen molar-refractivity contribution in [2.45, 2.75) is 75.5 Å². The number of carbonyl (C=O) groups excluding carboxylic acids is 3. The summed E-state index contributed by atoms with van der Waals surface area (Å²) in [6, 6.07) is 7.58. The van der Waals surface area contributed by atoms with Crippen molar-refractivity contribution in [1.82, 2.24) is 15.1 Å². The first-order valence-corrected chi connectivity index (χ1v) is 14.2. The highest BCUT2D eigenvalue weighted by molar-refractivity contribution is 5.94. The number of amides is 3. The van der Waals surface area contributed by atoms with Crippen molar-refractivity contribution in [3.63, 3.8) is 0 Å². The minimum atomic E-state index is -0.617. The molecule has 4 bridgehead atoms. The highest BCUT2D eigenvalue weighted by atomic mass is 16.6. The van der Waals surface area contributed by atoms with E-state index in [0.717, 1.165) is 50.5 Å². The number of aliphatic hydroxyl groups excluding tert-OH is 1. The number of hydrogen-bond acceptors (Lipinski definition) is 5. The van der Waals surface area contributed by atoms with Crippen LogP contribution >= 0.6 is 0 Å². The number of benzene rings is 1. The Morgan fingerprint density at radius 1 is 1.00 bits per heavy atom. The van der Waals surface area contributed by atoms with Gasteiger partial charge >= 0.3 is 12.0 Å². The summed E-state index contributed by atoms with van der Waals surface area (Å²) in [5.74, 6) is 1.01. The van der Waals surface area contributed by atoms with E-state index in [4.69, 9.17) is 4.74 Å². The number of urea groups is 1. The molecule has 7 aliphatic rings. The van der Waals surface area contributed by atoms with Gasteiger partial charge in [0, 0.05) is 50.6 Å². The molecule has 1 aromatic rings. The average Bonchev–Trinajstić information content (AvgIpc) is 3.18. The van der Waals surface area contributed by atoms with Gasteiger partial charge in [-0.1, -0.05) is 18.2 Å². The molecule has 4 aliphatic carbocycles. The Balaban J connectivity index is 0.973. The summed E-state index contributed by atoms with van der Waals surface area (Å²) < 4.78 is 5.85. The Hall–Kier alpha value is -2.61. The highest BCUT2D eigenvalue weighted by Crippen LogP contribution is 2.60. The molecule has 2 saturated heterocycles. The fourth-order valence-electron chi connectivity index (χ4n) is 8.86. The zero-order valence-electron chi connectivity index (χ0n) is 21.4. The maximum Gasteiger partial charge on any atom is 0.339 e. The van der Waals surface area contributed by atoms with Crippen LogP contribution < -0.4 is 5.32 Å². The van der Waals surface area contributed by atoms with Crippen LogP contribution in [0.1, 0.15) is 73.7 Å². The van der Waals surface area contributed by atoms with Crippen molar-refractivity contribution in [3.05, 3.63) is 35.4 Å². The molecule has 0 radical (unpaired) electrons. The van der Waals surface area contributed by atoms with Crippen molar-refractivity contribution in [2.75, 3.05) is 26.2 Å². The van der Waals surface area contributed by atoms with E-state index in [0.29, 0.717) is 50.5 Å². The van der Waals surface area contributed by atoms with Gasteiger partial charge in [0.15, 0.2) is 0 Å². The van der Waals surface area contributed by atoms with Crippen LogP contribution in [0.15, 0.2) is 24.3 Å². The lowest BCUT2D eigenvalue weighted by molar-refractivity contribution is -0.164. The number of hydrogen-bond donors (Lipinski definition) is 2. The molecule has 1 spiro atoms. The Morgan fingerprint density at radius 2 is 1.73 bits per heavy atom. The Labute approximate surface area is 217 Å². The van der Waals surface area contributed by atoms with Crippen LogP contribution in [0.2, 0.25) is 0 Å². The van der Waals surface area contributed by atoms with Crippen LogP contribution in [0.4, 0.5) is 4.79 Å². The average molecular weight is 508 g/mol. The van der Waals surface area contributed by atoms with Gasteiger partial charge in [0.2, 0.25) is 5.91 Å². The van der Waals surface area contributed by atoms with E-state index in [1.54, 1.807) is 0 Å². The monoisotopic (exact) mass is 507 g/mol. The summed E-state index contributed by atoms with van der Waals surface area (Å²) in [5.41, 5.74) is 0.655. The summed E-state index contributed by atoms with van der Waals surface area (Å²) in [5, 5.41) is 13.9. The van der Waals surface area contributed by atoms with Gasteiger partial charge in [-0.05, 0) is 68.8 Å². The molecular formula is C29H37N3O5. The number of carbonyl (C=O) groups is 3. The third-order valence-electron chi connectivity index (χ3n) is 10.5. The fraction of sp³-hybridized carbons (Fsp3) is 0.690. The van der Waals surface area contributed by atoms with Crippen LogP contribution in [-0.2, 0) is 15.1 Å². The molecule has 8 rings (SSSR count). The van der Waals surface area contributed by atoms with Gasteiger partial charge in [0.25, 0.3) is 0 Å². The van der Waals surface area contributed by atoms with Gasteiger partial charge in [-0.2, -0.15) is 0 Å². The van der Waals surface area contributed by atoms with Crippen LogP contribution in [0.3, 0.4) is 0 Å². The minimum Gasteiger partial charge on any atom is -0.450 e. The second kappa shape index (κ2) is 8.45. The summed E-state index contributed by atoms with van der Waals surface area (Å²) in [6.45, 7) is 2.33. The predicted molar refractivity (Wildman–Crippen MR) is 134 cm³/mol. The van der Waals surface area contributed by atoms with Crippen molar-refractivity contribution < 1.29 is 24.2 Å². The van der Waals surface area contributed by atoms with Crippen molar-refractivity contribution >= 4 is 17.9 Å². The number of nitrogens with one attached hydrogen (secondary N) is 1. The van der Waals surface area contributed by atoms with Crippen LogP contribution in [-0.4, -0.2) is 71.1 Å². The molecule has 6 fully saturated rings. The molecule has 4 saturated carbocycles. The molecule has 2 N–H and O–H groups in total. The molecule has 0 aromatic heterocycles. The summed E-state index contributed by atoms with van der Waals surface area (Å²) in [4.78, 5) is 43.2. The molecule has 1 aromatic carbocycles. The lowest BCUT2D eigenvalue weighted by atomic mass is 9.48. The van der Waals surface area contributed by atoms with E-state index < -0.39 is 5.60 Å². The van der Waals surface area contributed by atoms with Gasteiger partial charge in [-0.25, -0.2) is 9.59 Å². The maximum absolute atomic E-state index is 13.6. The zero-order valence-corrected chi connectivity index (χ0v) is 21.4. The number of aliphatic hydroxyl groups is 1. The van der Waals surface area contributed by atoms with Gasteiger partial charge < -0.3 is 25.0 Å². The molecule has 8 nitrogen and oxygen atoms in total. The van der Waals surface area contributed by atoms with Crippen molar-refractivity contribution in [1.29, 1.82) is 0 Å². The number of esters is 1. The maximum atomic E-state index is 13.6.